The van der Waals surface area contributed by atoms with Gasteiger partial charge in [0, 0.05) is 12.0 Å². The van der Waals surface area contributed by atoms with Gasteiger partial charge in [0.15, 0.2) is 17.3 Å². The number of rotatable bonds is 6. The minimum atomic E-state index is 0.00877. The molecule has 98 valence electrons. The van der Waals surface area contributed by atoms with Crippen LogP contribution in [0.4, 0.5) is 0 Å². The molecule has 2 N–H and O–H groups in total. The van der Waals surface area contributed by atoms with E-state index in [-0.39, 0.29) is 11.9 Å². The van der Waals surface area contributed by atoms with Gasteiger partial charge in [-0.15, -0.1) is 0 Å². The van der Waals surface area contributed by atoms with Gasteiger partial charge in [-0.25, -0.2) is 0 Å². The van der Waals surface area contributed by atoms with Crippen LogP contribution in [0, 0.1) is 0 Å². The van der Waals surface area contributed by atoms with Gasteiger partial charge < -0.3 is 15.2 Å². The highest BCUT2D eigenvalue weighted by molar-refractivity contribution is 9.10. The van der Waals surface area contributed by atoms with E-state index in [2.05, 4.69) is 15.9 Å². The maximum Gasteiger partial charge on any atom is 0.175 e. The van der Waals surface area contributed by atoms with E-state index < -0.39 is 0 Å². The third-order valence-corrected chi connectivity index (χ3v) is 3.32. The lowest BCUT2D eigenvalue weighted by molar-refractivity contribution is 0.0985. The molecule has 1 aromatic rings. The fourth-order valence-corrected chi connectivity index (χ4v) is 2.16. The molecule has 1 saturated carbocycles. The number of halogens is 1. The van der Waals surface area contributed by atoms with Crippen molar-refractivity contribution >= 4 is 21.7 Å². The summed E-state index contributed by atoms with van der Waals surface area (Å²) in [5, 5.41) is 0. The van der Waals surface area contributed by atoms with Crippen LogP contribution in [0.1, 0.15) is 29.6 Å². The number of carbonyl (C=O) groups excluding carboxylic acids is 1. The maximum atomic E-state index is 11.8. The Morgan fingerprint density at radius 3 is 2.78 bits per heavy atom. The van der Waals surface area contributed by atoms with Crippen molar-refractivity contribution in [2.75, 3.05) is 13.7 Å². The highest BCUT2D eigenvalue weighted by atomic mass is 79.9. The highest BCUT2D eigenvalue weighted by Crippen LogP contribution is 2.40. The molecule has 1 aromatic carbocycles. The van der Waals surface area contributed by atoms with Crippen molar-refractivity contribution in [3.8, 4) is 11.5 Å². The van der Waals surface area contributed by atoms with Crippen LogP contribution in [0.3, 0.4) is 0 Å². The number of carbonyl (C=O) groups is 1. The van der Waals surface area contributed by atoms with Crippen LogP contribution in [0.15, 0.2) is 16.6 Å². The van der Waals surface area contributed by atoms with Gasteiger partial charge in [0.2, 0.25) is 0 Å². The molecule has 0 aromatic heterocycles. The van der Waals surface area contributed by atoms with Gasteiger partial charge >= 0.3 is 0 Å². The number of hydrogen-bond acceptors (Lipinski definition) is 4. The molecule has 0 amide bonds. The van der Waals surface area contributed by atoms with Crippen LogP contribution in [0.5, 0.6) is 11.5 Å². The molecular formula is C13H16BrNO3. The lowest BCUT2D eigenvalue weighted by atomic mass is 10.1. The Morgan fingerprint density at radius 1 is 1.50 bits per heavy atom. The number of hydrogen-bond donors (Lipinski definition) is 1. The number of nitrogens with two attached hydrogens (primary N) is 1. The van der Waals surface area contributed by atoms with E-state index in [1.807, 2.05) is 0 Å². The number of methoxy groups -OCH3 is 1. The molecule has 18 heavy (non-hydrogen) atoms. The molecule has 0 radical (unpaired) electrons. The Morgan fingerprint density at radius 2 is 2.22 bits per heavy atom. The van der Waals surface area contributed by atoms with Crippen molar-refractivity contribution in [1.82, 2.24) is 0 Å². The van der Waals surface area contributed by atoms with Crippen molar-refractivity contribution in [1.29, 1.82) is 0 Å². The lowest BCUT2D eigenvalue weighted by Gasteiger charge is -2.13. The van der Waals surface area contributed by atoms with E-state index >= 15 is 0 Å². The van der Waals surface area contributed by atoms with Crippen molar-refractivity contribution in [3.05, 3.63) is 22.2 Å². The molecule has 1 aliphatic carbocycles. The van der Waals surface area contributed by atoms with Crippen LogP contribution >= 0.6 is 15.9 Å². The Balaban J connectivity index is 2.29. The number of benzene rings is 1. The van der Waals surface area contributed by atoms with Gasteiger partial charge in [0.05, 0.1) is 17.7 Å². The van der Waals surface area contributed by atoms with Crippen LogP contribution < -0.4 is 15.2 Å². The summed E-state index contributed by atoms with van der Waals surface area (Å²) < 4.78 is 11.8. The molecule has 0 saturated heterocycles. The highest BCUT2D eigenvalue weighted by Gasteiger charge is 2.26. The van der Waals surface area contributed by atoms with E-state index in [1.54, 1.807) is 19.2 Å². The fraction of sp³-hybridized carbons (Fsp3) is 0.462. The van der Waals surface area contributed by atoms with Gasteiger partial charge in [-0.3, -0.25) is 4.79 Å². The van der Waals surface area contributed by atoms with Gasteiger partial charge in [-0.2, -0.15) is 0 Å². The molecule has 2 rings (SSSR count). The molecular weight excluding hydrogens is 298 g/mol. The first-order valence-electron chi connectivity index (χ1n) is 5.93. The smallest absolute Gasteiger partial charge is 0.175 e. The van der Waals surface area contributed by atoms with Crippen LogP contribution in [0.2, 0.25) is 0 Å². The van der Waals surface area contributed by atoms with E-state index in [4.69, 9.17) is 15.2 Å². The zero-order valence-corrected chi connectivity index (χ0v) is 11.8. The minimum Gasteiger partial charge on any atom is -0.493 e. The Kier molecular flexibility index (Phi) is 4.24. The number of Topliss-reactive ketones (excluding diaryl/α,β-unsaturated/α-hetero) is 1. The molecule has 0 bridgehead atoms. The number of ketones is 1. The normalized spacial score (nSPS) is 14.4. The first-order chi connectivity index (χ1) is 8.65. The minimum absolute atomic E-state index is 0.00877. The topological polar surface area (TPSA) is 61.5 Å². The van der Waals surface area contributed by atoms with E-state index in [0.29, 0.717) is 30.0 Å². The van der Waals surface area contributed by atoms with Gasteiger partial charge in [-0.05, 0) is 47.4 Å². The Bertz CT molecular complexity index is 458. The van der Waals surface area contributed by atoms with Crippen LogP contribution in [0.25, 0.3) is 0 Å². The average molecular weight is 314 g/mol. The van der Waals surface area contributed by atoms with Crippen molar-refractivity contribution in [2.45, 2.75) is 25.4 Å². The summed E-state index contributed by atoms with van der Waals surface area (Å²) in [7, 11) is 1.57. The van der Waals surface area contributed by atoms with Gasteiger partial charge in [0.25, 0.3) is 0 Å². The molecule has 0 spiro atoms. The Hall–Kier alpha value is -1.07. The average Bonchev–Trinajstić information content (AvgIpc) is 3.15. The molecule has 0 atom stereocenters. The summed E-state index contributed by atoms with van der Waals surface area (Å²) in [5.74, 6) is 1.26. The lowest BCUT2D eigenvalue weighted by Crippen LogP contribution is -2.09. The predicted octanol–water partition coefficient (Wildman–Crippen LogP) is 2.53. The third-order valence-electron chi connectivity index (χ3n) is 2.73. The number of ether oxygens (including phenoxy) is 2. The molecule has 0 unspecified atom stereocenters. The van der Waals surface area contributed by atoms with Gasteiger partial charge in [0.1, 0.15) is 0 Å². The molecule has 0 aliphatic heterocycles. The molecule has 4 nitrogen and oxygen atoms in total. The second-order valence-electron chi connectivity index (χ2n) is 4.27. The van der Waals surface area contributed by atoms with Crippen molar-refractivity contribution in [2.24, 2.45) is 5.73 Å². The second kappa shape index (κ2) is 5.71. The SMILES string of the molecule is COc1cc(C(=O)CCN)cc(Br)c1OC1CC1. The summed E-state index contributed by atoms with van der Waals surface area (Å²) in [4.78, 5) is 11.8. The first kappa shape index (κ1) is 13.4. The fourth-order valence-electron chi connectivity index (χ4n) is 1.62. The molecule has 0 heterocycles. The van der Waals surface area contributed by atoms with Crippen LogP contribution in [-0.4, -0.2) is 25.5 Å². The van der Waals surface area contributed by atoms with E-state index in [9.17, 15) is 4.79 Å². The first-order valence-corrected chi connectivity index (χ1v) is 6.72. The van der Waals surface area contributed by atoms with Gasteiger partial charge in [-0.1, -0.05) is 0 Å². The molecule has 1 fully saturated rings. The molecule has 5 heteroatoms. The summed E-state index contributed by atoms with van der Waals surface area (Å²) >= 11 is 3.43. The summed E-state index contributed by atoms with van der Waals surface area (Å²) in [6.45, 7) is 0.346. The third kappa shape index (κ3) is 3.03. The second-order valence-corrected chi connectivity index (χ2v) is 5.12. The summed E-state index contributed by atoms with van der Waals surface area (Å²) in [6.07, 6.45) is 2.76. The standard InChI is InChI=1S/C13H16BrNO3/c1-17-12-7-8(11(16)4-5-15)6-10(14)13(12)18-9-2-3-9/h6-7,9H,2-5,15H2,1H3. The monoisotopic (exact) mass is 313 g/mol. The zero-order valence-electron chi connectivity index (χ0n) is 10.2. The predicted molar refractivity (Wildman–Crippen MR) is 72.3 cm³/mol. The summed E-state index contributed by atoms with van der Waals surface area (Å²) in [6, 6.07) is 3.47. The van der Waals surface area contributed by atoms with E-state index in [0.717, 1.165) is 17.3 Å². The van der Waals surface area contributed by atoms with Crippen LogP contribution in [-0.2, 0) is 0 Å². The van der Waals surface area contributed by atoms with E-state index in [1.165, 1.54) is 0 Å². The maximum absolute atomic E-state index is 11.8. The Labute approximate surface area is 115 Å². The molecule has 1 aliphatic rings. The quantitative estimate of drug-likeness (QED) is 0.820. The van der Waals surface area contributed by atoms with Crippen molar-refractivity contribution in [3.63, 3.8) is 0 Å². The van der Waals surface area contributed by atoms with Crippen molar-refractivity contribution < 1.29 is 14.3 Å². The zero-order chi connectivity index (χ0) is 13.1. The largest absolute Gasteiger partial charge is 0.493 e. The summed E-state index contributed by atoms with van der Waals surface area (Å²) in [5.41, 5.74) is 5.98.